The largest absolute Gasteiger partial charge is 0.467 e. The van der Waals surface area contributed by atoms with Crippen LogP contribution in [0.25, 0.3) is 10.9 Å². The molecule has 3 aromatic rings. The van der Waals surface area contributed by atoms with Crippen LogP contribution in [0.4, 0.5) is 0 Å². The number of fused-ring (bicyclic) bond motifs is 1. The van der Waals surface area contributed by atoms with Crippen LogP contribution in [0.3, 0.4) is 0 Å². The lowest BCUT2D eigenvalue weighted by atomic mass is 10.2. The summed E-state index contributed by atoms with van der Waals surface area (Å²) in [6, 6.07) is 10.2. The average molecular weight is 355 g/mol. The van der Waals surface area contributed by atoms with E-state index in [9.17, 15) is 14.4 Å². The van der Waals surface area contributed by atoms with Gasteiger partial charge < -0.3 is 9.73 Å². The predicted molar refractivity (Wildman–Crippen MR) is 98.2 cm³/mol. The minimum atomic E-state index is -0.538. The highest BCUT2D eigenvalue weighted by Gasteiger charge is 2.16. The van der Waals surface area contributed by atoms with Crippen LogP contribution >= 0.6 is 0 Å². The van der Waals surface area contributed by atoms with Gasteiger partial charge in [-0.25, -0.2) is 4.79 Å². The molecule has 0 saturated heterocycles. The Bertz CT molecular complexity index is 1030. The molecule has 0 aliphatic carbocycles. The van der Waals surface area contributed by atoms with Gasteiger partial charge in [-0.2, -0.15) is 0 Å². The Hall–Kier alpha value is -3.09. The number of furan rings is 1. The first-order valence-corrected chi connectivity index (χ1v) is 8.55. The van der Waals surface area contributed by atoms with E-state index in [1.807, 2.05) is 13.8 Å². The number of hydrogen-bond donors (Lipinski definition) is 1. The molecule has 0 unspecified atom stereocenters. The Labute approximate surface area is 149 Å². The van der Waals surface area contributed by atoms with E-state index >= 15 is 0 Å². The molecule has 2 aromatic heterocycles. The molecule has 26 heavy (non-hydrogen) atoms. The van der Waals surface area contributed by atoms with Gasteiger partial charge in [0.05, 0.1) is 23.7 Å². The molecule has 1 aromatic carbocycles. The van der Waals surface area contributed by atoms with Gasteiger partial charge in [-0.3, -0.25) is 18.7 Å². The number of carbonyl (C=O) groups excluding carboxylic acids is 1. The summed E-state index contributed by atoms with van der Waals surface area (Å²) >= 11 is 0. The number of nitrogens with one attached hydrogen (secondary N) is 1. The van der Waals surface area contributed by atoms with Crippen LogP contribution in [-0.2, 0) is 17.9 Å². The summed E-state index contributed by atoms with van der Waals surface area (Å²) in [6.45, 7) is 3.73. The fourth-order valence-corrected chi connectivity index (χ4v) is 2.79. The van der Waals surface area contributed by atoms with E-state index in [0.29, 0.717) is 16.7 Å². The van der Waals surface area contributed by atoms with Gasteiger partial charge in [-0.05, 0) is 37.6 Å². The van der Waals surface area contributed by atoms with Crippen LogP contribution in [0.15, 0.2) is 56.7 Å². The van der Waals surface area contributed by atoms with Crippen LogP contribution in [0.1, 0.15) is 26.0 Å². The van der Waals surface area contributed by atoms with E-state index in [1.165, 1.54) is 10.8 Å². The zero-order chi connectivity index (χ0) is 18.7. The molecule has 0 saturated carbocycles. The maximum Gasteiger partial charge on any atom is 0.332 e. The Kier molecular flexibility index (Phi) is 5.06. The summed E-state index contributed by atoms with van der Waals surface area (Å²) in [4.78, 5) is 38.0. The Balaban J connectivity index is 2.10. The van der Waals surface area contributed by atoms with E-state index in [4.69, 9.17) is 4.42 Å². The topological polar surface area (TPSA) is 86.2 Å². The zero-order valence-corrected chi connectivity index (χ0v) is 14.8. The summed E-state index contributed by atoms with van der Waals surface area (Å²) < 4.78 is 7.69. The second kappa shape index (κ2) is 7.43. The molecular weight excluding hydrogens is 334 g/mol. The van der Waals surface area contributed by atoms with Crippen LogP contribution in [0.5, 0.6) is 0 Å². The Morgan fingerprint density at radius 2 is 1.92 bits per heavy atom. The van der Waals surface area contributed by atoms with Crippen molar-refractivity contribution in [3.63, 3.8) is 0 Å². The molecule has 1 N–H and O–H groups in total. The number of rotatable bonds is 6. The van der Waals surface area contributed by atoms with Crippen molar-refractivity contribution in [2.45, 2.75) is 39.4 Å². The molecule has 1 amide bonds. The minimum absolute atomic E-state index is 0.0125. The molecule has 0 spiro atoms. The van der Waals surface area contributed by atoms with Crippen LogP contribution in [0, 0.1) is 0 Å². The van der Waals surface area contributed by atoms with E-state index in [1.54, 1.807) is 36.4 Å². The third-order valence-electron chi connectivity index (χ3n) is 4.35. The molecule has 0 bridgehead atoms. The van der Waals surface area contributed by atoms with Crippen molar-refractivity contribution < 1.29 is 9.21 Å². The Morgan fingerprint density at radius 3 is 2.62 bits per heavy atom. The van der Waals surface area contributed by atoms with Crippen LogP contribution in [0.2, 0.25) is 0 Å². The number of para-hydroxylation sites is 1. The number of hydrogen-bond acceptors (Lipinski definition) is 4. The fourth-order valence-electron chi connectivity index (χ4n) is 2.79. The lowest BCUT2D eigenvalue weighted by molar-refractivity contribution is -0.122. The molecule has 1 atom stereocenters. The molecule has 7 nitrogen and oxygen atoms in total. The summed E-state index contributed by atoms with van der Waals surface area (Å²) in [5.41, 5.74) is -0.498. The molecule has 7 heteroatoms. The number of benzene rings is 1. The Morgan fingerprint density at radius 1 is 1.15 bits per heavy atom. The third-order valence-corrected chi connectivity index (χ3v) is 4.35. The van der Waals surface area contributed by atoms with E-state index < -0.39 is 11.2 Å². The molecule has 0 aliphatic rings. The minimum Gasteiger partial charge on any atom is -0.467 e. The highest BCUT2D eigenvalue weighted by molar-refractivity contribution is 5.81. The van der Waals surface area contributed by atoms with Crippen molar-refractivity contribution in [2.24, 2.45) is 0 Å². The monoisotopic (exact) mass is 355 g/mol. The van der Waals surface area contributed by atoms with Crippen molar-refractivity contribution in [2.75, 3.05) is 0 Å². The second-order valence-electron chi connectivity index (χ2n) is 6.23. The maximum absolute atomic E-state index is 12.9. The summed E-state index contributed by atoms with van der Waals surface area (Å²) in [5.74, 6) is 0.227. The highest BCUT2D eigenvalue weighted by atomic mass is 16.3. The smallest absolute Gasteiger partial charge is 0.332 e. The average Bonchev–Trinajstić information content (AvgIpc) is 3.15. The first kappa shape index (κ1) is 17.7. The normalized spacial score (nSPS) is 12.2. The van der Waals surface area contributed by atoms with Gasteiger partial charge >= 0.3 is 5.69 Å². The lowest BCUT2D eigenvalue weighted by Gasteiger charge is -2.15. The number of nitrogens with zero attached hydrogens (tertiary/aromatic N) is 2. The molecule has 3 rings (SSSR count). The van der Waals surface area contributed by atoms with Gasteiger partial charge in [0.25, 0.3) is 5.56 Å². The first-order chi connectivity index (χ1) is 12.5. The van der Waals surface area contributed by atoms with Crippen molar-refractivity contribution in [1.82, 2.24) is 14.5 Å². The molecular formula is C19H21N3O4. The zero-order valence-electron chi connectivity index (χ0n) is 14.8. The summed E-state index contributed by atoms with van der Waals surface area (Å²) in [7, 11) is 0. The quantitative estimate of drug-likeness (QED) is 0.729. The van der Waals surface area contributed by atoms with Crippen molar-refractivity contribution in [3.8, 4) is 0 Å². The summed E-state index contributed by atoms with van der Waals surface area (Å²) in [5, 5.41) is 3.23. The maximum atomic E-state index is 12.9. The second-order valence-corrected chi connectivity index (χ2v) is 6.23. The molecule has 0 fully saturated rings. The van der Waals surface area contributed by atoms with E-state index in [2.05, 4.69) is 5.32 Å². The molecule has 0 radical (unpaired) electrons. The standard InChI is InChI=1S/C19H21N3O4/c1-3-13(2)20-17(23)12-21-16-9-5-4-8-15(16)18(24)22(19(21)25)11-14-7-6-10-26-14/h4-10,13H,3,11-12H2,1-2H3,(H,20,23)/t13-/m1/s1. The van der Waals surface area contributed by atoms with E-state index in [-0.39, 0.29) is 25.0 Å². The van der Waals surface area contributed by atoms with Crippen molar-refractivity contribution >= 4 is 16.8 Å². The van der Waals surface area contributed by atoms with Gasteiger partial charge in [0, 0.05) is 6.04 Å². The first-order valence-electron chi connectivity index (χ1n) is 8.55. The fraction of sp³-hybridized carbons (Fsp3) is 0.316. The molecule has 136 valence electrons. The molecule has 0 aliphatic heterocycles. The van der Waals surface area contributed by atoms with Gasteiger partial charge in [-0.1, -0.05) is 19.1 Å². The van der Waals surface area contributed by atoms with E-state index in [0.717, 1.165) is 11.0 Å². The SMILES string of the molecule is CC[C@@H](C)NC(=O)Cn1c(=O)n(Cc2ccco2)c(=O)c2ccccc21. The molecule has 2 heterocycles. The lowest BCUT2D eigenvalue weighted by Crippen LogP contribution is -2.43. The van der Waals surface area contributed by atoms with Gasteiger partial charge in [0.15, 0.2) is 0 Å². The van der Waals surface area contributed by atoms with Crippen molar-refractivity contribution in [3.05, 3.63) is 69.3 Å². The van der Waals surface area contributed by atoms with Crippen molar-refractivity contribution in [1.29, 1.82) is 0 Å². The number of aromatic nitrogens is 2. The number of amides is 1. The third kappa shape index (κ3) is 3.46. The summed E-state index contributed by atoms with van der Waals surface area (Å²) in [6.07, 6.45) is 2.28. The number of carbonyl (C=O) groups is 1. The highest BCUT2D eigenvalue weighted by Crippen LogP contribution is 2.09. The van der Waals surface area contributed by atoms with Gasteiger partial charge in [0.1, 0.15) is 12.3 Å². The van der Waals surface area contributed by atoms with Gasteiger partial charge in [-0.15, -0.1) is 0 Å². The predicted octanol–water partition coefficient (Wildman–Crippen LogP) is 1.72. The van der Waals surface area contributed by atoms with Crippen LogP contribution < -0.4 is 16.6 Å². The van der Waals surface area contributed by atoms with Crippen LogP contribution in [-0.4, -0.2) is 21.1 Å². The van der Waals surface area contributed by atoms with Gasteiger partial charge in [0.2, 0.25) is 5.91 Å².